The molecule has 0 aliphatic heterocycles. The monoisotopic (exact) mass is 300 g/mol. The molecule has 0 saturated heterocycles. The Bertz CT molecular complexity index is 356. The number of hydrogen-bond acceptors (Lipinski definition) is 5. The zero-order valence-electron chi connectivity index (χ0n) is 13.8. The van der Waals surface area contributed by atoms with E-state index >= 15 is 0 Å². The summed E-state index contributed by atoms with van der Waals surface area (Å²) in [7, 11) is 0. The molecule has 0 radical (unpaired) electrons. The molecule has 0 aromatic carbocycles. The van der Waals surface area contributed by atoms with Gasteiger partial charge in [0, 0.05) is 6.92 Å². The van der Waals surface area contributed by atoms with E-state index in [9.17, 15) is 9.59 Å². The van der Waals surface area contributed by atoms with Gasteiger partial charge in [-0.25, -0.2) is 4.79 Å². The van der Waals surface area contributed by atoms with E-state index in [0.717, 1.165) is 25.7 Å². The van der Waals surface area contributed by atoms with Crippen molar-refractivity contribution in [3.8, 4) is 0 Å². The second-order valence-corrected chi connectivity index (χ2v) is 6.60. The molecule has 21 heavy (non-hydrogen) atoms. The molecule has 0 aromatic heterocycles. The van der Waals surface area contributed by atoms with Crippen LogP contribution in [0.3, 0.4) is 0 Å². The molecule has 1 atom stereocenters. The standard InChI is InChI=1S/C16H28O5/c1-11(2)16(4,5)14(17)19-12(3)20-15(18)21-13-9-7-6-8-10-13/h11-13H,6-10H2,1-5H3. The Morgan fingerprint density at radius 3 is 2.10 bits per heavy atom. The van der Waals surface area contributed by atoms with Gasteiger partial charge in [0.25, 0.3) is 0 Å². The number of rotatable bonds is 5. The van der Waals surface area contributed by atoms with Crippen molar-refractivity contribution in [1.82, 2.24) is 0 Å². The van der Waals surface area contributed by atoms with Gasteiger partial charge < -0.3 is 14.2 Å². The van der Waals surface area contributed by atoms with Crippen molar-refractivity contribution in [3.63, 3.8) is 0 Å². The summed E-state index contributed by atoms with van der Waals surface area (Å²) in [6, 6.07) is 0. The normalized spacial score (nSPS) is 18.2. The first-order chi connectivity index (χ1) is 9.73. The van der Waals surface area contributed by atoms with Crippen LogP contribution in [0.15, 0.2) is 0 Å². The molecule has 1 unspecified atom stereocenters. The Balaban J connectivity index is 2.37. The molecule has 0 aromatic rings. The molecule has 0 bridgehead atoms. The van der Waals surface area contributed by atoms with Crippen molar-refractivity contribution in [2.45, 2.75) is 79.1 Å². The van der Waals surface area contributed by atoms with Gasteiger partial charge in [0.05, 0.1) is 5.41 Å². The lowest BCUT2D eigenvalue weighted by atomic mass is 9.81. The van der Waals surface area contributed by atoms with Crippen LogP contribution in [0.2, 0.25) is 0 Å². The highest BCUT2D eigenvalue weighted by atomic mass is 16.8. The third kappa shape index (κ3) is 5.56. The zero-order chi connectivity index (χ0) is 16.0. The maximum atomic E-state index is 12.0. The molecule has 1 fully saturated rings. The summed E-state index contributed by atoms with van der Waals surface area (Å²) in [4.78, 5) is 23.7. The smallest absolute Gasteiger partial charge is 0.431 e. The molecule has 1 aliphatic carbocycles. The zero-order valence-corrected chi connectivity index (χ0v) is 13.8. The topological polar surface area (TPSA) is 61.8 Å². The van der Waals surface area contributed by atoms with Gasteiger partial charge in [0.15, 0.2) is 0 Å². The number of carbonyl (C=O) groups excluding carboxylic acids is 2. The first kappa shape index (κ1) is 17.8. The quantitative estimate of drug-likeness (QED) is 0.566. The van der Waals surface area contributed by atoms with Gasteiger partial charge in [-0.2, -0.15) is 0 Å². The maximum Gasteiger partial charge on any atom is 0.511 e. The minimum atomic E-state index is -0.938. The molecule has 0 spiro atoms. The second kappa shape index (κ2) is 7.66. The number of carbonyl (C=O) groups is 2. The average Bonchev–Trinajstić information content (AvgIpc) is 2.38. The van der Waals surface area contributed by atoms with E-state index in [2.05, 4.69) is 0 Å². The van der Waals surface area contributed by atoms with Gasteiger partial charge in [-0.1, -0.05) is 20.3 Å². The van der Waals surface area contributed by atoms with Crippen molar-refractivity contribution in [3.05, 3.63) is 0 Å². The van der Waals surface area contributed by atoms with E-state index in [4.69, 9.17) is 14.2 Å². The van der Waals surface area contributed by atoms with Crippen molar-refractivity contribution in [1.29, 1.82) is 0 Å². The van der Waals surface area contributed by atoms with Gasteiger partial charge in [0.1, 0.15) is 6.10 Å². The summed E-state index contributed by atoms with van der Waals surface area (Å²) in [5, 5.41) is 0. The third-order valence-electron chi connectivity index (χ3n) is 4.32. The lowest BCUT2D eigenvalue weighted by Gasteiger charge is -2.28. The molecular formula is C16H28O5. The second-order valence-electron chi connectivity index (χ2n) is 6.60. The van der Waals surface area contributed by atoms with E-state index < -0.39 is 17.9 Å². The van der Waals surface area contributed by atoms with Gasteiger partial charge in [-0.15, -0.1) is 0 Å². The van der Waals surface area contributed by atoms with Crippen LogP contribution in [0.1, 0.15) is 66.7 Å². The van der Waals surface area contributed by atoms with Crippen LogP contribution in [-0.2, 0) is 19.0 Å². The van der Waals surface area contributed by atoms with Gasteiger partial charge in [-0.3, -0.25) is 4.79 Å². The molecule has 122 valence electrons. The van der Waals surface area contributed by atoms with Crippen LogP contribution in [-0.4, -0.2) is 24.5 Å². The predicted octanol–water partition coefficient (Wildman–Crippen LogP) is 4.04. The molecular weight excluding hydrogens is 272 g/mol. The third-order valence-corrected chi connectivity index (χ3v) is 4.32. The van der Waals surface area contributed by atoms with E-state index in [-0.39, 0.29) is 18.0 Å². The molecule has 5 heteroatoms. The Labute approximate surface area is 127 Å². The molecule has 1 rings (SSSR count). The number of hydrogen-bond donors (Lipinski definition) is 0. The highest BCUT2D eigenvalue weighted by molar-refractivity contribution is 5.76. The molecule has 0 N–H and O–H groups in total. The SMILES string of the molecule is CC(OC(=O)OC1CCCCC1)OC(=O)C(C)(C)C(C)C. The highest BCUT2D eigenvalue weighted by Gasteiger charge is 2.34. The van der Waals surface area contributed by atoms with Gasteiger partial charge in [-0.05, 0) is 45.4 Å². The molecule has 1 aliphatic rings. The lowest BCUT2D eigenvalue weighted by molar-refractivity contribution is -0.181. The lowest BCUT2D eigenvalue weighted by Crippen LogP contribution is -2.35. The van der Waals surface area contributed by atoms with Crippen molar-refractivity contribution in [2.24, 2.45) is 11.3 Å². The summed E-state index contributed by atoms with van der Waals surface area (Å²) in [6.45, 7) is 9.05. The highest BCUT2D eigenvalue weighted by Crippen LogP contribution is 2.28. The minimum absolute atomic E-state index is 0.0683. The van der Waals surface area contributed by atoms with E-state index in [1.54, 1.807) is 0 Å². The van der Waals surface area contributed by atoms with Crippen molar-refractivity contribution < 1.29 is 23.8 Å². The fourth-order valence-corrected chi connectivity index (χ4v) is 2.04. The van der Waals surface area contributed by atoms with Crippen molar-refractivity contribution >= 4 is 12.1 Å². The first-order valence-electron chi connectivity index (χ1n) is 7.81. The van der Waals surface area contributed by atoms with E-state index in [1.165, 1.54) is 13.3 Å². The van der Waals surface area contributed by atoms with Crippen LogP contribution >= 0.6 is 0 Å². The van der Waals surface area contributed by atoms with Gasteiger partial charge >= 0.3 is 12.1 Å². The summed E-state index contributed by atoms with van der Waals surface area (Å²) >= 11 is 0. The minimum Gasteiger partial charge on any atom is -0.431 e. The Morgan fingerprint density at radius 1 is 1.00 bits per heavy atom. The first-order valence-corrected chi connectivity index (χ1v) is 7.81. The largest absolute Gasteiger partial charge is 0.511 e. The Morgan fingerprint density at radius 2 is 1.57 bits per heavy atom. The molecule has 0 amide bonds. The molecule has 1 saturated carbocycles. The Kier molecular flexibility index (Phi) is 6.49. The van der Waals surface area contributed by atoms with Gasteiger partial charge in [0.2, 0.25) is 6.29 Å². The maximum absolute atomic E-state index is 12.0. The summed E-state index contributed by atoms with van der Waals surface area (Å²) in [6.07, 6.45) is 3.33. The predicted molar refractivity (Wildman–Crippen MR) is 78.6 cm³/mol. The van der Waals surface area contributed by atoms with Crippen molar-refractivity contribution in [2.75, 3.05) is 0 Å². The average molecular weight is 300 g/mol. The number of esters is 1. The van der Waals surface area contributed by atoms with E-state index in [1.807, 2.05) is 27.7 Å². The fourth-order valence-electron chi connectivity index (χ4n) is 2.04. The van der Waals surface area contributed by atoms with E-state index in [0.29, 0.717) is 0 Å². The summed E-state index contributed by atoms with van der Waals surface area (Å²) < 4.78 is 15.4. The number of ether oxygens (including phenoxy) is 3. The fraction of sp³-hybridized carbons (Fsp3) is 0.875. The summed E-state index contributed by atoms with van der Waals surface area (Å²) in [5.41, 5.74) is -0.620. The van der Waals surface area contributed by atoms with Crippen LogP contribution < -0.4 is 0 Å². The molecule has 0 heterocycles. The molecule has 5 nitrogen and oxygen atoms in total. The van der Waals surface area contributed by atoms with Crippen LogP contribution in [0.5, 0.6) is 0 Å². The summed E-state index contributed by atoms with van der Waals surface area (Å²) in [5.74, 6) is -0.248. The van der Waals surface area contributed by atoms with Crippen LogP contribution in [0, 0.1) is 11.3 Å². The Hall–Kier alpha value is -1.26. The van der Waals surface area contributed by atoms with Crippen LogP contribution in [0.25, 0.3) is 0 Å². The van der Waals surface area contributed by atoms with Crippen LogP contribution in [0.4, 0.5) is 4.79 Å².